The van der Waals surface area contributed by atoms with Gasteiger partial charge in [0.25, 0.3) is 0 Å². The lowest BCUT2D eigenvalue weighted by Crippen LogP contribution is -2.25. The highest BCUT2D eigenvalue weighted by molar-refractivity contribution is 6.36. The van der Waals surface area contributed by atoms with E-state index in [1.54, 1.807) is 18.2 Å². The molecule has 1 saturated heterocycles. The fraction of sp³-hybridized carbons (Fsp3) is 0.467. The van der Waals surface area contributed by atoms with E-state index in [-0.39, 0.29) is 12.6 Å². The lowest BCUT2D eigenvalue weighted by atomic mass is 10.1. The third kappa shape index (κ3) is 3.13. The van der Waals surface area contributed by atoms with Crippen molar-refractivity contribution in [3.8, 4) is 11.5 Å². The van der Waals surface area contributed by atoms with E-state index >= 15 is 0 Å². The summed E-state index contributed by atoms with van der Waals surface area (Å²) in [4.78, 5) is 2.24. The molecule has 1 fully saturated rings. The summed E-state index contributed by atoms with van der Waals surface area (Å²) in [5.74, 6) is 1.27. The first-order valence-corrected chi connectivity index (χ1v) is 7.98. The van der Waals surface area contributed by atoms with Gasteiger partial charge in [-0.15, -0.1) is 10.2 Å². The van der Waals surface area contributed by atoms with Crippen LogP contribution < -0.4 is 0 Å². The molecule has 0 radical (unpaired) electrons. The minimum absolute atomic E-state index is 0.0175. The van der Waals surface area contributed by atoms with Crippen LogP contribution in [-0.4, -0.2) is 39.9 Å². The van der Waals surface area contributed by atoms with E-state index < -0.39 is 0 Å². The fourth-order valence-electron chi connectivity index (χ4n) is 2.69. The number of hydrogen-bond donors (Lipinski definition) is 1. The molecular weight excluding hydrogens is 325 g/mol. The molecule has 1 aromatic heterocycles. The van der Waals surface area contributed by atoms with Gasteiger partial charge < -0.3 is 9.52 Å². The van der Waals surface area contributed by atoms with E-state index in [4.69, 9.17) is 27.6 Å². The molecular formula is C15H17Cl2N3O2. The molecule has 2 heterocycles. The molecule has 1 aliphatic rings. The number of likely N-dealkylation sites (tertiary alicyclic amines) is 1. The van der Waals surface area contributed by atoms with Gasteiger partial charge in [0.15, 0.2) is 0 Å². The van der Waals surface area contributed by atoms with Crippen molar-refractivity contribution in [3.05, 3.63) is 34.1 Å². The lowest BCUT2D eigenvalue weighted by Gasteiger charge is -2.20. The molecule has 0 saturated carbocycles. The van der Waals surface area contributed by atoms with E-state index in [1.807, 2.05) is 6.92 Å². The van der Waals surface area contributed by atoms with Gasteiger partial charge in [0, 0.05) is 18.2 Å². The maximum Gasteiger partial charge on any atom is 0.249 e. The Morgan fingerprint density at radius 1 is 1.41 bits per heavy atom. The predicted molar refractivity (Wildman–Crippen MR) is 84.9 cm³/mol. The van der Waals surface area contributed by atoms with Crippen LogP contribution in [0.15, 0.2) is 22.6 Å². The summed E-state index contributed by atoms with van der Waals surface area (Å²) in [5, 5.41) is 18.5. The van der Waals surface area contributed by atoms with E-state index in [0.717, 1.165) is 19.5 Å². The molecule has 1 aromatic carbocycles. The number of halogens is 2. The van der Waals surface area contributed by atoms with Gasteiger partial charge in [0.1, 0.15) is 0 Å². The molecule has 0 bridgehead atoms. The largest absolute Gasteiger partial charge is 0.419 e. The first-order valence-electron chi connectivity index (χ1n) is 7.22. The van der Waals surface area contributed by atoms with Gasteiger partial charge in [-0.05, 0) is 44.0 Å². The van der Waals surface area contributed by atoms with E-state index in [2.05, 4.69) is 15.1 Å². The molecule has 0 aliphatic carbocycles. The number of nitrogens with zero attached hydrogens (tertiary/aromatic N) is 3. The predicted octanol–water partition coefficient (Wildman–Crippen LogP) is 3.42. The Labute approximate surface area is 138 Å². The molecule has 0 amide bonds. The molecule has 2 unspecified atom stereocenters. The number of rotatable bonds is 4. The Hall–Kier alpha value is -1.14. The maximum atomic E-state index is 9.24. The van der Waals surface area contributed by atoms with Crippen molar-refractivity contribution in [2.24, 2.45) is 5.92 Å². The zero-order valence-electron chi connectivity index (χ0n) is 12.2. The molecule has 5 nitrogen and oxygen atoms in total. The van der Waals surface area contributed by atoms with Crippen molar-refractivity contribution >= 4 is 23.2 Å². The minimum Gasteiger partial charge on any atom is -0.419 e. The smallest absolute Gasteiger partial charge is 0.249 e. The molecule has 1 N–H and O–H groups in total. The summed E-state index contributed by atoms with van der Waals surface area (Å²) in [6.45, 7) is 4.02. The SMILES string of the molecule is CC(c1nnc(-c2ccc(Cl)cc2Cl)o1)N1CCC(CO)C1. The van der Waals surface area contributed by atoms with E-state index in [9.17, 15) is 5.11 Å². The summed E-state index contributed by atoms with van der Waals surface area (Å²) in [7, 11) is 0. The number of benzene rings is 1. The highest BCUT2D eigenvalue weighted by Crippen LogP contribution is 2.32. The fourth-order valence-corrected chi connectivity index (χ4v) is 3.18. The summed E-state index contributed by atoms with van der Waals surface area (Å²) < 4.78 is 5.78. The zero-order chi connectivity index (χ0) is 15.7. The minimum atomic E-state index is 0.0175. The highest BCUT2D eigenvalue weighted by atomic mass is 35.5. The van der Waals surface area contributed by atoms with Crippen LogP contribution in [0.5, 0.6) is 0 Å². The summed E-state index contributed by atoms with van der Waals surface area (Å²) >= 11 is 12.1. The van der Waals surface area contributed by atoms with Crippen molar-refractivity contribution in [2.45, 2.75) is 19.4 Å². The topological polar surface area (TPSA) is 62.4 Å². The van der Waals surface area contributed by atoms with Crippen LogP contribution >= 0.6 is 23.2 Å². The van der Waals surface area contributed by atoms with Crippen LogP contribution in [0.3, 0.4) is 0 Å². The maximum absolute atomic E-state index is 9.24. The van der Waals surface area contributed by atoms with Crippen LogP contribution in [0, 0.1) is 5.92 Å². The first-order chi connectivity index (χ1) is 10.6. The Morgan fingerprint density at radius 2 is 2.23 bits per heavy atom. The highest BCUT2D eigenvalue weighted by Gasteiger charge is 2.29. The van der Waals surface area contributed by atoms with Crippen molar-refractivity contribution in [1.29, 1.82) is 0 Å². The Bertz CT molecular complexity index is 662. The van der Waals surface area contributed by atoms with Gasteiger partial charge in [-0.1, -0.05) is 23.2 Å². The summed E-state index contributed by atoms with van der Waals surface area (Å²) in [6, 6.07) is 5.17. The van der Waals surface area contributed by atoms with Crippen molar-refractivity contribution in [1.82, 2.24) is 15.1 Å². The van der Waals surface area contributed by atoms with Crippen LogP contribution in [0.2, 0.25) is 10.0 Å². The summed E-state index contributed by atoms with van der Waals surface area (Å²) in [6.07, 6.45) is 0.991. The van der Waals surface area contributed by atoms with Crippen LogP contribution in [0.25, 0.3) is 11.5 Å². The van der Waals surface area contributed by atoms with E-state index in [0.29, 0.717) is 33.3 Å². The van der Waals surface area contributed by atoms with Crippen molar-refractivity contribution < 1.29 is 9.52 Å². The van der Waals surface area contributed by atoms with Gasteiger partial charge in [-0.25, -0.2) is 0 Å². The molecule has 1 aliphatic heterocycles. The normalized spacial score (nSPS) is 20.5. The zero-order valence-corrected chi connectivity index (χ0v) is 13.7. The van der Waals surface area contributed by atoms with Crippen molar-refractivity contribution in [2.75, 3.05) is 19.7 Å². The number of hydrogen-bond acceptors (Lipinski definition) is 5. The second-order valence-corrected chi connectivity index (χ2v) is 6.42. The third-order valence-corrected chi connectivity index (χ3v) is 4.63. The van der Waals surface area contributed by atoms with Gasteiger partial charge >= 0.3 is 0 Å². The molecule has 118 valence electrons. The average molecular weight is 342 g/mol. The second-order valence-electron chi connectivity index (χ2n) is 5.58. The standard InChI is InChI=1S/C15H17Cl2N3O2/c1-9(20-5-4-10(7-20)8-21)14-18-19-15(22-14)12-3-2-11(16)6-13(12)17/h2-3,6,9-10,21H,4-5,7-8H2,1H3. The first kappa shape index (κ1) is 15.7. The number of aliphatic hydroxyl groups is 1. The van der Waals surface area contributed by atoms with Gasteiger partial charge in [0.05, 0.1) is 16.6 Å². The van der Waals surface area contributed by atoms with Gasteiger partial charge in [-0.2, -0.15) is 0 Å². The van der Waals surface area contributed by atoms with Crippen LogP contribution in [0.4, 0.5) is 0 Å². The molecule has 2 atom stereocenters. The lowest BCUT2D eigenvalue weighted by molar-refractivity contribution is 0.190. The van der Waals surface area contributed by atoms with Crippen LogP contribution in [-0.2, 0) is 0 Å². The van der Waals surface area contributed by atoms with E-state index in [1.165, 1.54) is 0 Å². The second kappa shape index (κ2) is 6.54. The molecule has 2 aromatic rings. The molecule has 0 spiro atoms. The molecule has 7 heteroatoms. The molecule has 3 rings (SSSR count). The van der Waals surface area contributed by atoms with Crippen molar-refractivity contribution in [3.63, 3.8) is 0 Å². The quantitative estimate of drug-likeness (QED) is 0.922. The van der Waals surface area contributed by atoms with Gasteiger partial charge in [-0.3, -0.25) is 4.90 Å². The third-order valence-electron chi connectivity index (χ3n) is 4.08. The Balaban J connectivity index is 1.78. The number of aliphatic hydroxyl groups excluding tert-OH is 1. The summed E-state index contributed by atoms with van der Waals surface area (Å²) in [5.41, 5.74) is 0.673. The Kier molecular flexibility index (Phi) is 4.68. The average Bonchev–Trinajstić information content (AvgIpc) is 3.16. The van der Waals surface area contributed by atoms with Crippen LogP contribution in [0.1, 0.15) is 25.3 Å². The number of aromatic nitrogens is 2. The molecule has 22 heavy (non-hydrogen) atoms. The Morgan fingerprint density at radius 3 is 2.91 bits per heavy atom. The monoisotopic (exact) mass is 341 g/mol. The van der Waals surface area contributed by atoms with Gasteiger partial charge in [0.2, 0.25) is 11.8 Å².